The van der Waals surface area contributed by atoms with Gasteiger partial charge in [-0.15, -0.1) is 0 Å². The van der Waals surface area contributed by atoms with E-state index in [0.717, 1.165) is 6.42 Å². The molecule has 0 spiro atoms. The summed E-state index contributed by atoms with van der Waals surface area (Å²) in [7, 11) is 0. The summed E-state index contributed by atoms with van der Waals surface area (Å²) >= 11 is 0. The van der Waals surface area contributed by atoms with E-state index in [9.17, 15) is 4.79 Å². The fraction of sp³-hybridized carbons (Fsp3) is 0.929. The van der Waals surface area contributed by atoms with Crippen LogP contribution < -0.4 is 0 Å². The van der Waals surface area contributed by atoms with Crippen LogP contribution in [0.25, 0.3) is 0 Å². The van der Waals surface area contributed by atoms with E-state index in [1.165, 1.54) is 32.1 Å². The van der Waals surface area contributed by atoms with Crippen LogP contribution in [0.5, 0.6) is 0 Å². The summed E-state index contributed by atoms with van der Waals surface area (Å²) in [6.45, 7) is 5.90. The lowest BCUT2D eigenvalue weighted by molar-refractivity contribution is -0.151. The van der Waals surface area contributed by atoms with Gasteiger partial charge in [0.25, 0.3) is 0 Å². The van der Waals surface area contributed by atoms with E-state index in [4.69, 9.17) is 9.84 Å². The standard InChI is InChI=1S/C14H28O3/c1-4-5-6-7-8-9-12(2)10-14(16)17-13(3)11-15/h12-13,15H,4-11H2,1-3H3. The first-order valence-electron chi connectivity index (χ1n) is 6.90. The SMILES string of the molecule is CCCCCCCC(C)CC(=O)OC(C)CO. The van der Waals surface area contributed by atoms with E-state index >= 15 is 0 Å². The highest BCUT2D eigenvalue weighted by Gasteiger charge is 2.12. The Morgan fingerprint density at radius 1 is 1.18 bits per heavy atom. The number of unbranched alkanes of at least 4 members (excludes halogenated alkanes) is 4. The van der Waals surface area contributed by atoms with Crippen molar-refractivity contribution in [2.75, 3.05) is 6.61 Å². The zero-order valence-electron chi connectivity index (χ0n) is 11.6. The lowest BCUT2D eigenvalue weighted by Gasteiger charge is -2.13. The molecule has 0 aromatic heterocycles. The van der Waals surface area contributed by atoms with Crippen molar-refractivity contribution in [3.8, 4) is 0 Å². The van der Waals surface area contributed by atoms with Gasteiger partial charge in [0, 0.05) is 6.42 Å². The van der Waals surface area contributed by atoms with Crippen LogP contribution in [0, 0.1) is 5.92 Å². The number of hydrogen-bond donors (Lipinski definition) is 1. The molecule has 0 fully saturated rings. The molecule has 17 heavy (non-hydrogen) atoms. The largest absolute Gasteiger partial charge is 0.460 e. The number of hydrogen-bond acceptors (Lipinski definition) is 3. The van der Waals surface area contributed by atoms with Gasteiger partial charge in [-0.3, -0.25) is 4.79 Å². The molecule has 0 aliphatic carbocycles. The van der Waals surface area contributed by atoms with Crippen LogP contribution in [0.15, 0.2) is 0 Å². The van der Waals surface area contributed by atoms with Gasteiger partial charge in [0.1, 0.15) is 6.10 Å². The van der Waals surface area contributed by atoms with Gasteiger partial charge in [-0.1, -0.05) is 52.4 Å². The molecule has 0 aromatic rings. The number of carbonyl (C=O) groups excluding carboxylic acids is 1. The number of rotatable bonds is 10. The van der Waals surface area contributed by atoms with E-state index in [1.54, 1.807) is 6.92 Å². The van der Waals surface area contributed by atoms with Gasteiger partial charge in [-0.2, -0.15) is 0 Å². The molecule has 3 nitrogen and oxygen atoms in total. The molecule has 102 valence electrons. The van der Waals surface area contributed by atoms with Crippen molar-refractivity contribution in [2.45, 2.75) is 71.8 Å². The van der Waals surface area contributed by atoms with Crippen molar-refractivity contribution in [3.05, 3.63) is 0 Å². The first kappa shape index (κ1) is 16.4. The van der Waals surface area contributed by atoms with E-state index in [0.29, 0.717) is 12.3 Å². The van der Waals surface area contributed by atoms with Crippen LogP contribution in [0.4, 0.5) is 0 Å². The predicted octanol–water partition coefficient (Wildman–Crippen LogP) is 3.30. The van der Waals surface area contributed by atoms with Crippen LogP contribution >= 0.6 is 0 Å². The summed E-state index contributed by atoms with van der Waals surface area (Å²) in [6, 6.07) is 0. The second kappa shape index (κ2) is 10.6. The van der Waals surface area contributed by atoms with E-state index in [1.807, 2.05) is 0 Å². The highest BCUT2D eigenvalue weighted by Crippen LogP contribution is 2.15. The summed E-state index contributed by atoms with van der Waals surface area (Å²) < 4.78 is 5.03. The normalized spacial score (nSPS) is 14.4. The average molecular weight is 244 g/mol. The number of aliphatic hydroxyl groups is 1. The quantitative estimate of drug-likeness (QED) is 0.474. The second-order valence-corrected chi connectivity index (χ2v) is 5.00. The van der Waals surface area contributed by atoms with Crippen molar-refractivity contribution >= 4 is 5.97 Å². The van der Waals surface area contributed by atoms with E-state index in [-0.39, 0.29) is 18.7 Å². The molecule has 0 rings (SSSR count). The first-order chi connectivity index (χ1) is 8.10. The average Bonchev–Trinajstić information content (AvgIpc) is 2.28. The minimum atomic E-state index is -0.376. The van der Waals surface area contributed by atoms with Gasteiger partial charge in [-0.05, 0) is 12.8 Å². The minimum absolute atomic E-state index is 0.100. The Kier molecular flexibility index (Phi) is 10.2. The highest BCUT2D eigenvalue weighted by atomic mass is 16.5. The molecular formula is C14H28O3. The fourth-order valence-electron chi connectivity index (χ4n) is 1.79. The molecule has 0 amide bonds. The lowest BCUT2D eigenvalue weighted by atomic mass is 9.99. The van der Waals surface area contributed by atoms with Gasteiger partial charge in [0.05, 0.1) is 6.61 Å². The van der Waals surface area contributed by atoms with Crippen LogP contribution in [0.1, 0.15) is 65.7 Å². The molecule has 2 atom stereocenters. The number of esters is 1. The second-order valence-electron chi connectivity index (χ2n) is 5.00. The fourth-order valence-corrected chi connectivity index (χ4v) is 1.79. The monoisotopic (exact) mass is 244 g/mol. The zero-order valence-corrected chi connectivity index (χ0v) is 11.6. The predicted molar refractivity (Wildman–Crippen MR) is 69.8 cm³/mol. The number of ether oxygens (including phenoxy) is 1. The molecule has 0 bridgehead atoms. The highest BCUT2D eigenvalue weighted by molar-refractivity contribution is 5.69. The molecule has 0 saturated heterocycles. The summed E-state index contributed by atoms with van der Waals surface area (Å²) in [4.78, 5) is 11.4. The zero-order chi connectivity index (χ0) is 13.1. The van der Waals surface area contributed by atoms with Crippen molar-refractivity contribution in [1.82, 2.24) is 0 Å². The van der Waals surface area contributed by atoms with Crippen molar-refractivity contribution in [2.24, 2.45) is 5.92 Å². The minimum Gasteiger partial charge on any atom is -0.460 e. The lowest BCUT2D eigenvalue weighted by Crippen LogP contribution is -2.19. The number of carbonyl (C=O) groups is 1. The van der Waals surface area contributed by atoms with E-state index < -0.39 is 0 Å². The third kappa shape index (κ3) is 10.3. The Hall–Kier alpha value is -0.570. The number of aliphatic hydroxyl groups excluding tert-OH is 1. The maximum absolute atomic E-state index is 11.4. The maximum atomic E-state index is 11.4. The smallest absolute Gasteiger partial charge is 0.306 e. The van der Waals surface area contributed by atoms with Crippen molar-refractivity contribution in [3.63, 3.8) is 0 Å². The Bertz CT molecular complexity index is 192. The van der Waals surface area contributed by atoms with Crippen LogP contribution in [0.3, 0.4) is 0 Å². The molecule has 2 unspecified atom stereocenters. The summed E-state index contributed by atoms with van der Waals surface area (Å²) in [5.74, 6) is 0.197. The summed E-state index contributed by atoms with van der Waals surface area (Å²) in [6.07, 6.45) is 7.52. The summed E-state index contributed by atoms with van der Waals surface area (Å²) in [5.41, 5.74) is 0. The van der Waals surface area contributed by atoms with Crippen LogP contribution in [-0.4, -0.2) is 23.8 Å². The first-order valence-corrected chi connectivity index (χ1v) is 6.90. The molecule has 0 aliphatic rings. The Labute approximate surface area is 106 Å². The Balaban J connectivity index is 3.50. The summed E-state index contributed by atoms with van der Waals surface area (Å²) in [5, 5.41) is 8.76. The molecule has 0 aliphatic heterocycles. The molecule has 0 heterocycles. The molecule has 1 N–H and O–H groups in total. The van der Waals surface area contributed by atoms with E-state index in [2.05, 4.69) is 13.8 Å². The third-order valence-electron chi connectivity index (χ3n) is 2.91. The van der Waals surface area contributed by atoms with Crippen LogP contribution in [0.2, 0.25) is 0 Å². The van der Waals surface area contributed by atoms with Gasteiger partial charge in [0.15, 0.2) is 0 Å². The van der Waals surface area contributed by atoms with Gasteiger partial charge >= 0.3 is 5.97 Å². The van der Waals surface area contributed by atoms with Gasteiger partial charge in [0.2, 0.25) is 0 Å². The maximum Gasteiger partial charge on any atom is 0.306 e. The van der Waals surface area contributed by atoms with Crippen LogP contribution in [-0.2, 0) is 9.53 Å². The Morgan fingerprint density at radius 2 is 1.82 bits per heavy atom. The molecular weight excluding hydrogens is 216 g/mol. The molecule has 0 aromatic carbocycles. The Morgan fingerprint density at radius 3 is 2.41 bits per heavy atom. The molecule has 0 radical (unpaired) electrons. The van der Waals surface area contributed by atoms with Gasteiger partial charge < -0.3 is 9.84 Å². The third-order valence-corrected chi connectivity index (χ3v) is 2.91. The van der Waals surface area contributed by atoms with Crippen molar-refractivity contribution in [1.29, 1.82) is 0 Å². The molecule has 0 saturated carbocycles. The van der Waals surface area contributed by atoms with Gasteiger partial charge in [-0.25, -0.2) is 0 Å². The topological polar surface area (TPSA) is 46.5 Å². The molecule has 3 heteroatoms. The van der Waals surface area contributed by atoms with Crippen molar-refractivity contribution < 1.29 is 14.6 Å².